The molecule has 3 N–H and O–H groups in total. The Morgan fingerprint density at radius 2 is 2.00 bits per heavy atom. The summed E-state index contributed by atoms with van der Waals surface area (Å²) in [7, 11) is 0. The van der Waals surface area contributed by atoms with Crippen LogP contribution in [0.4, 0.5) is 0 Å². The molecule has 0 amide bonds. The van der Waals surface area contributed by atoms with E-state index in [0.717, 1.165) is 18.8 Å². The zero-order valence-electron chi connectivity index (χ0n) is 9.30. The van der Waals surface area contributed by atoms with Crippen LogP contribution >= 0.6 is 0 Å². The van der Waals surface area contributed by atoms with E-state index in [0.29, 0.717) is 6.73 Å². The highest BCUT2D eigenvalue weighted by molar-refractivity contribution is 5.82. The molecule has 0 aromatic heterocycles. The number of amidine groups is 1. The Bertz CT molecular complexity index is 232. The SMILES string of the molecule is NCC1(CC2=NCON2)CCCCCC1. The number of hydrogen-bond acceptors (Lipinski definition) is 4. The second-order valence-electron chi connectivity index (χ2n) is 4.78. The zero-order valence-corrected chi connectivity index (χ0v) is 9.30. The van der Waals surface area contributed by atoms with Gasteiger partial charge in [0.15, 0.2) is 6.73 Å². The average Bonchev–Trinajstić information content (AvgIpc) is 2.64. The fourth-order valence-electron chi connectivity index (χ4n) is 2.64. The third-order valence-electron chi connectivity index (χ3n) is 3.65. The molecular weight excluding hydrogens is 190 g/mol. The molecule has 0 spiro atoms. The predicted octanol–water partition coefficient (Wildman–Crippen LogP) is 1.57. The van der Waals surface area contributed by atoms with Gasteiger partial charge < -0.3 is 5.73 Å². The van der Waals surface area contributed by atoms with Crippen molar-refractivity contribution in [1.82, 2.24) is 5.48 Å². The molecule has 1 fully saturated rings. The normalized spacial score (nSPS) is 25.5. The highest BCUT2D eigenvalue weighted by Gasteiger charge is 2.31. The molecule has 0 aromatic rings. The van der Waals surface area contributed by atoms with Crippen molar-refractivity contribution < 1.29 is 4.84 Å². The Kier molecular flexibility index (Phi) is 3.59. The van der Waals surface area contributed by atoms with Crippen molar-refractivity contribution in [3.8, 4) is 0 Å². The Morgan fingerprint density at radius 1 is 1.27 bits per heavy atom. The van der Waals surface area contributed by atoms with Crippen molar-refractivity contribution in [3.05, 3.63) is 0 Å². The minimum Gasteiger partial charge on any atom is -0.330 e. The quantitative estimate of drug-likeness (QED) is 0.697. The maximum absolute atomic E-state index is 5.96. The summed E-state index contributed by atoms with van der Waals surface area (Å²) >= 11 is 0. The van der Waals surface area contributed by atoms with Crippen molar-refractivity contribution in [1.29, 1.82) is 0 Å². The van der Waals surface area contributed by atoms with E-state index in [4.69, 9.17) is 10.6 Å². The molecule has 0 radical (unpaired) electrons. The van der Waals surface area contributed by atoms with Crippen LogP contribution in [0.5, 0.6) is 0 Å². The molecule has 2 aliphatic rings. The minimum absolute atomic E-state index is 0.274. The number of nitrogens with one attached hydrogen (secondary N) is 1. The molecule has 1 saturated carbocycles. The van der Waals surface area contributed by atoms with E-state index in [-0.39, 0.29) is 5.41 Å². The van der Waals surface area contributed by atoms with Gasteiger partial charge in [-0.2, -0.15) is 0 Å². The number of nitrogens with zero attached hydrogens (tertiary/aromatic N) is 1. The molecule has 0 unspecified atom stereocenters. The fraction of sp³-hybridized carbons (Fsp3) is 0.909. The number of aliphatic imine (C=N–C) groups is 1. The van der Waals surface area contributed by atoms with Gasteiger partial charge >= 0.3 is 0 Å². The van der Waals surface area contributed by atoms with Gasteiger partial charge in [0.2, 0.25) is 0 Å². The van der Waals surface area contributed by atoms with Crippen LogP contribution in [0, 0.1) is 5.41 Å². The van der Waals surface area contributed by atoms with Crippen molar-refractivity contribution >= 4 is 5.84 Å². The highest BCUT2D eigenvalue weighted by Crippen LogP contribution is 2.37. The van der Waals surface area contributed by atoms with Crippen LogP contribution in [-0.2, 0) is 4.84 Å². The van der Waals surface area contributed by atoms with E-state index in [1.54, 1.807) is 0 Å². The second kappa shape index (κ2) is 4.94. The summed E-state index contributed by atoms with van der Waals surface area (Å²) in [5.41, 5.74) is 9.11. The van der Waals surface area contributed by atoms with E-state index in [1.165, 1.54) is 38.5 Å². The molecule has 1 aliphatic heterocycles. The first-order chi connectivity index (χ1) is 7.35. The molecule has 0 saturated heterocycles. The monoisotopic (exact) mass is 211 g/mol. The molecule has 4 heteroatoms. The van der Waals surface area contributed by atoms with E-state index in [1.807, 2.05) is 0 Å². The van der Waals surface area contributed by atoms with E-state index < -0.39 is 0 Å². The summed E-state index contributed by atoms with van der Waals surface area (Å²) in [6.07, 6.45) is 8.78. The van der Waals surface area contributed by atoms with Crippen molar-refractivity contribution in [2.24, 2.45) is 16.1 Å². The maximum Gasteiger partial charge on any atom is 0.166 e. The summed E-state index contributed by atoms with van der Waals surface area (Å²) in [6, 6.07) is 0. The third-order valence-corrected chi connectivity index (χ3v) is 3.65. The van der Waals surface area contributed by atoms with Gasteiger partial charge in [-0.05, 0) is 24.8 Å². The molecule has 1 heterocycles. The van der Waals surface area contributed by atoms with Crippen molar-refractivity contribution in [3.63, 3.8) is 0 Å². The number of hydrogen-bond donors (Lipinski definition) is 2. The number of rotatable bonds is 3. The Balaban J connectivity index is 1.98. The Hall–Kier alpha value is -0.610. The largest absolute Gasteiger partial charge is 0.330 e. The van der Waals surface area contributed by atoms with Crippen LogP contribution in [-0.4, -0.2) is 19.1 Å². The standard InChI is InChI=1S/C11H21N3O/c12-8-11(5-3-1-2-4-6-11)7-10-13-9-15-14-10/h1-9,12H2,(H,13,14). The van der Waals surface area contributed by atoms with Crippen LogP contribution < -0.4 is 11.2 Å². The van der Waals surface area contributed by atoms with Gasteiger partial charge in [-0.15, -0.1) is 0 Å². The second-order valence-corrected chi connectivity index (χ2v) is 4.78. The first-order valence-electron chi connectivity index (χ1n) is 5.96. The van der Waals surface area contributed by atoms with Crippen LogP contribution in [0.25, 0.3) is 0 Å². The molecule has 2 rings (SSSR count). The third kappa shape index (κ3) is 2.69. The average molecular weight is 211 g/mol. The fourth-order valence-corrected chi connectivity index (χ4v) is 2.64. The summed E-state index contributed by atoms with van der Waals surface area (Å²) in [5, 5.41) is 0. The van der Waals surface area contributed by atoms with Crippen molar-refractivity contribution in [2.75, 3.05) is 13.3 Å². The molecule has 15 heavy (non-hydrogen) atoms. The van der Waals surface area contributed by atoms with Crippen LogP contribution in [0.15, 0.2) is 4.99 Å². The lowest BCUT2D eigenvalue weighted by Crippen LogP contribution is -2.35. The lowest BCUT2D eigenvalue weighted by Gasteiger charge is -2.31. The van der Waals surface area contributed by atoms with Gasteiger partial charge in [0.05, 0.1) is 0 Å². The lowest BCUT2D eigenvalue weighted by atomic mass is 9.77. The zero-order chi connectivity index (χ0) is 10.6. The van der Waals surface area contributed by atoms with Gasteiger partial charge in [0.25, 0.3) is 0 Å². The van der Waals surface area contributed by atoms with Gasteiger partial charge in [0, 0.05) is 6.42 Å². The molecule has 0 bridgehead atoms. The van der Waals surface area contributed by atoms with Crippen LogP contribution in [0.1, 0.15) is 44.9 Å². The van der Waals surface area contributed by atoms with Crippen LogP contribution in [0.2, 0.25) is 0 Å². The van der Waals surface area contributed by atoms with E-state index in [2.05, 4.69) is 10.5 Å². The summed E-state index contributed by atoms with van der Waals surface area (Å²) in [5.74, 6) is 0.988. The van der Waals surface area contributed by atoms with Crippen molar-refractivity contribution in [2.45, 2.75) is 44.9 Å². The Morgan fingerprint density at radius 3 is 2.53 bits per heavy atom. The van der Waals surface area contributed by atoms with E-state index in [9.17, 15) is 0 Å². The molecule has 4 nitrogen and oxygen atoms in total. The predicted molar refractivity (Wildman–Crippen MR) is 60.3 cm³/mol. The lowest BCUT2D eigenvalue weighted by molar-refractivity contribution is 0.112. The van der Waals surface area contributed by atoms with Gasteiger partial charge in [-0.1, -0.05) is 25.7 Å². The van der Waals surface area contributed by atoms with E-state index >= 15 is 0 Å². The van der Waals surface area contributed by atoms with Gasteiger partial charge in [0.1, 0.15) is 5.84 Å². The molecular formula is C11H21N3O. The van der Waals surface area contributed by atoms with Gasteiger partial charge in [-0.25, -0.2) is 4.99 Å². The Labute approximate surface area is 91.2 Å². The smallest absolute Gasteiger partial charge is 0.166 e. The highest BCUT2D eigenvalue weighted by atomic mass is 16.7. The molecule has 1 aliphatic carbocycles. The summed E-state index contributed by atoms with van der Waals surface area (Å²) in [6.45, 7) is 1.23. The molecule has 0 aromatic carbocycles. The molecule has 0 atom stereocenters. The number of hydroxylamine groups is 1. The summed E-state index contributed by atoms with van der Waals surface area (Å²) < 4.78 is 0. The topological polar surface area (TPSA) is 59.6 Å². The maximum atomic E-state index is 5.96. The van der Waals surface area contributed by atoms with Crippen LogP contribution in [0.3, 0.4) is 0 Å². The first kappa shape index (κ1) is 10.9. The first-order valence-corrected chi connectivity index (χ1v) is 5.96. The summed E-state index contributed by atoms with van der Waals surface area (Å²) in [4.78, 5) is 9.31. The van der Waals surface area contributed by atoms with Gasteiger partial charge in [-0.3, -0.25) is 10.3 Å². The minimum atomic E-state index is 0.274. The molecule has 86 valence electrons. The number of nitrogens with two attached hydrogens (primary N) is 1.